The Morgan fingerprint density at radius 2 is 1.00 bits per heavy atom. The van der Waals surface area contributed by atoms with Gasteiger partial charge in [-0.3, -0.25) is 0 Å². The second-order valence-electron chi connectivity index (χ2n) is 5.64. The van der Waals surface area contributed by atoms with Crippen LogP contribution in [0.5, 0.6) is 0 Å². The molecule has 1 heterocycles. The molecule has 0 N–H and O–H groups in total. The molecule has 1 spiro atoms. The van der Waals surface area contributed by atoms with E-state index in [0.29, 0.717) is 0 Å². The van der Waals surface area contributed by atoms with Crippen molar-refractivity contribution in [2.45, 2.75) is 84.9 Å². The molecule has 0 nitrogen and oxygen atoms in total. The van der Waals surface area contributed by atoms with Gasteiger partial charge in [-0.1, -0.05) is 0 Å². The topological polar surface area (TPSA) is 0 Å². The van der Waals surface area contributed by atoms with E-state index < -0.39 is 0 Å². The molecule has 2 rings (SSSR count). The van der Waals surface area contributed by atoms with Crippen molar-refractivity contribution in [3.63, 3.8) is 0 Å². The van der Waals surface area contributed by atoms with Crippen molar-refractivity contribution >= 4 is 21.1 Å². The Morgan fingerprint density at radius 3 is 1.60 bits per heavy atom. The normalized spacial score (nSPS) is 28.8. The first-order chi connectivity index (χ1) is 7.41. The summed E-state index contributed by atoms with van der Waals surface area (Å²) in [6.45, 7) is 0. The summed E-state index contributed by atoms with van der Waals surface area (Å²) in [7, 11) is 0. The summed E-state index contributed by atoms with van der Waals surface area (Å²) in [5.41, 5.74) is 0. The third kappa shape index (κ3) is 3.94. The third-order valence-electron chi connectivity index (χ3n) is 4.39. The van der Waals surface area contributed by atoms with Gasteiger partial charge in [-0.15, -0.1) is 0 Å². The summed E-state index contributed by atoms with van der Waals surface area (Å²) >= 11 is -0.0302. The van der Waals surface area contributed by atoms with Gasteiger partial charge >= 0.3 is 106 Å². The van der Waals surface area contributed by atoms with Gasteiger partial charge in [0.05, 0.1) is 0 Å². The van der Waals surface area contributed by atoms with Crippen molar-refractivity contribution in [2.24, 2.45) is 0 Å². The van der Waals surface area contributed by atoms with Crippen molar-refractivity contribution in [3.8, 4) is 0 Å². The van der Waals surface area contributed by atoms with Crippen LogP contribution in [0, 0.1) is 0 Å². The molecule has 2 fully saturated rings. The quantitative estimate of drug-likeness (QED) is 0.554. The zero-order chi connectivity index (χ0) is 10.4. The maximum absolute atomic E-state index is 1.70. The Kier molecular flexibility index (Phi) is 5.32. The van der Waals surface area contributed by atoms with Crippen LogP contribution >= 0.6 is 0 Å². The van der Waals surface area contributed by atoms with Crippen molar-refractivity contribution in [1.82, 2.24) is 0 Å². The van der Waals surface area contributed by atoms with Gasteiger partial charge in [0.15, 0.2) is 0 Å². The molecule has 0 atom stereocenters. The molecule has 2 radical (unpaired) electrons. The van der Waals surface area contributed by atoms with E-state index in [0.717, 1.165) is 3.43 Å². The van der Waals surface area contributed by atoms with Gasteiger partial charge in [-0.05, 0) is 0 Å². The summed E-state index contributed by atoms with van der Waals surface area (Å²) in [6.07, 6.45) is 18.9. The summed E-state index contributed by atoms with van der Waals surface area (Å²) < 4.78 is 2.67. The Bertz CT molecular complexity index is 137. The van der Waals surface area contributed by atoms with Gasteiger partial charge in [0.25, 0.3) is 0 Å². The molecule has 86 valence electrons. The number of hydrogen-bond donors (Lipinski definition) is 0. The Labute approximate surface area is 106 Å². The minimum atomic E-state index is -0.0302. The standard InChI is InChI=1S/C14H26.Sn/c1-2-3-4-8-11-14-12-9-6-5-7-10-13-14;/h1-13H2;. The zero-order valence-corrected chi connectivity index (χ0v) is 13.0. The molecular weight excluding hydrogens is 287 g/mol. The van der Waals surface area contributed by atoms with Crippen LogP contribution in [0.25, 0.3) is 0 Å². The Morgan fingerprint density at radius 1 is 0.533 bits per heavy atom. The van der Waals surface area contributed by atoms with Crippen LogP contribution in [0.4, 0.5) is 0 Å². The molecule has 1 heteroatoms. The fourth-order valence-corrected chi connectivity index (χ4v) is 9.15. The van der Waals surface area contributed by atoms with Gasteiger partial charge in [0.2, 0.25) is 0 Å². The zero-order valence-electron chi connectivity index (χ0n) is 10.2. The molecule has 0 amide bonds. The van der Waals surface area contributed by atoms with Crippen molar-refractivity contribution in [2.75, 3.05) is 0 Å². The van der Waals surface area contributed by atoms with Gasteiger partial charge in [0.1, 0.15) is 0 Å². The third-order valence-corrected chi connectivity index (χ3v) is 10.4. The summed E-state index contributed by atoms with van der Waals surface area (Å²) in [5.74, 6) is 0. The predicted molar refractivity (Wildman–Crippen MR) is 68.7 cm³/mol. The fourth-order valence-electron chi connectivity index (χ4n) is 3.39. The number of rotatable bonds is 0. The molecule has 0 aromatic rings. The second kappa shape index (κ2) is 6.51. The number of hydrogen-bond acceptors (Lipinski definition) is 0. The van der Waals surface area contributed by atoms with Crippen LogP contribution in [0.1, 0.15) is 77.0 Å². The molecule has 0 unspecified atom stereocenters. The van der Waals surface area contributed by atoms with E-state index >= 15 is 0 Å². The van der Waals surface area contributed by atoms with Crippen LogP contribution in [0.2, 0.25) is 7.87 Å². The molecule has 0 aromatic heterocycles. The van der Waals surface area contributed by atoms with Crippen LogP contribution in [0.15, 0.2) is 0 Å². The first-order valence-electron chi connectivity index (χ1n) is 7.16. The van der Waals surface area contributed by atoms with Gasteiger partial charge < -0.3 is 0 Å². The second-order valence-corrected chi connectivity index (χ2v) is 11.1. The predicted octanol–water partition coefficient (Wildman–Crippen LogP) is 4.98. The monoisotopic (exact) mass is 314 g/mol. The van der Waals surface area contributed by atoms with E-state index in [-0.39, 0.29) is 21.1 Å². The van der Waals surface area contributed by atoms with Crippen molar-refractivity contribution in [1.29, 1.82) is 0 Å². The van der Waals surface area contributed by atoms with E-state index in [2.05, 4.69) is 0 Å². The molecular formula is C14H26Sn. The first kappa shape index (κ1) is 12.3. The minimum absolute atomic E-state index is 0.0302. The van der Waals surface area contributed by atoms with Crippen molar-refractivity contribution in [3.05, 3.63) is 0 Å². The van der Waals surface area contributed by atoms with Crippen LogP contribution < -0.4 is 0 Å². The van der Waals surface area contributed by atoms with E-state index in [1.807, 2.05) is 0 Å². The molecule has 15 heavy (non-hydrogen) atoms. The summed E-state index contributed by atoms with van der Waals surface area (Å²) in [5, 5.41) is 0. The van der Waals surface area contributed by atoms with Crippen LogP contribution in [0.3, 0.4) is 0 Å². The van der Waals surface area contributed by atoms with Crippen LogP contribution in [-0.2, 0) is 0 Å². The molecule has 0 aromatic carbocycles. The average molecular weight is 313 g/mol. The average Bonchev–Trinajstić information content (AvgIpc) is 2.15. The fraction of sp³-hybridized carbons (Fsp3) is 1.00. The van der Waals surface area contributed by atoms with E-state index in [1.165, 1.54) is 6.42 Å². The molecule has 1 aliphatic heterocycles. The van der Waals surface area contributed by atoms with Gasteiger partial charge in [-0.2, -0.15) is 0 Å². The Hall–Kier alpha value is 0.799. The van der Waals surface area contributed by atoms with E-state index in [9.17, 15) is 0 Å². The van der Waals surface area contributed by atoms with Crippen molar-refractivity contribution < 1.29 is 0 Å². The molecule has 0 bridgehead atoms. The SMILES string of the molecule is C1CCC[C]2(CCC1)CCCCC[CH2][Sn]2. The van der Waals surface area contributed by atoms with E-state index in [4.69, 9.17) is 0 Å². The summed E-state index contributed by atoms with van der Waals surface area (Å²) in [6, 6.07) is 0. The molecule has 1 saturated heterocycles. The summed E-state index contributed by atoms with van der Waals surface area (Å²) in [4.78, 5) is 0. The van der Waals surface area contributed by atoms with E-state index in [1.54, 1.807) is 75.1 Å². The molecule has 1 aliphatic carbocycles. The van der Waals surface area contributed by atoms with Gasteiger partial charge in [0, 0.05) is 0 Å². The van der Waals surface area contributed by atoms with Crippen LogP contribution in [-0.4, -0.2) is 21.1 Å². The molecule has 2 aliphatic rings. The Balaban J connectivity index is 1.92. The van der Waals surface area contributed by atoms with Gasteiger partial charge in [-0.25, -0.2) is 0 Å². The first-order valence-corrected chi connectivity index (χ1v) is 10.6. The maximum atomic E-state index is 1.70. The molecule has 1 saturated carbocycles.